The molecule has 1 unspecified atom stereocenters. The molecule has 0 amide bonds. The molecule has 0 aliphatic rings. The molecular formula is C14H18BrNS. The highest BCUT2D eigenvalue weighted by atomic mass is 79.9. The topological polar surface area (TPSA) is 26.0 Å². The lowest BCUT2D eigenvalue weighted by molar-refractivity contribution is 0.344. The molecule has 0 radical (unpaired) electrons. The summed E-state index contributed by atoms with van der Waals surface area (Å²) in [7, 11) is 0. The van der Waals surface area contributed by atoms with E-state index in [4.69, 9.17) is 5.73 Å². The molecule has 0 saturated heterocycles. The zero-order valence-corrected chi connectivity index (χ0v) is 12.9. The van der Waals surface area contributed by atoms with Crippen LogP contribution in [-0.2, 0) is 0 Å². The molecule has 0 aliphatic carbocycles. The predicted molar refractivity (Wildman–Crippen MR) is 80.5 cm³/mol. The lowest BCUT2D eigenvalue weighted by Gasteiger charge is -2.23. The standard InChI is InChI=1S/C14H18BrNS/c1-14(2,3)7-12(16)10-8-17-13-9(10)5-4-6-11(13)15/h4-6,8,12H,7,16H2,1-3H3. The molecule has 0 spiro atoms. The summed E-state index contributed by atoms with van der Waals surface area (Å²) < 4.78 is 2.46. The molecule has 0 saturated carbocycles. The van der Waals surface area contributed by atoms with Crippen LogP contribution < -0.4 is 5.73 Å². The van der Waals surface area contributed by atoms with Crippen molar-refractivity contribution in [3.8, 4) is 0 Å². The third-order valence-electron chi connectivity index (χ3n) is 2.81. The lowest BCUT2D eigenvalue weighted by Crippen LogP contribution is -2.18. The molecule has 2 rings (SSSR count). The van der Waals surface area contributed by atoms with Gasteiger partial charge in [0.1, 0.15) is 0 Å². The molecule has 1 atom stereocenters. The Balaban J connectivity index is 2.40. The highest BCUT2D eigenvalue weighted by molar-refractivity contribution is 9.10. The molecule has 0 fully saturated rings. The monoisotopic (exact) mass is 311 g/mol. The fourth-order valence-electron chi connectivity index (χ4n) is 2.10. The second-order valence-corrected chi connectivity index (χ2v) is 7.41. The molecule has 1 aromatic heterocycles. The van der Waals surface area contributed by atoms with E-state index in [1.807, 2.05) is 0 Å². The van der Waals surface area contributed by atoms with Gasteiger partial charge < -0.3 is 5.73 Å². The van der Waals surface area contributed by atoms with Crippen molar-refractivity contribution in [2.75, 3.05) is 0 Å². The highest BCUT2D eigenvalue weighted by Gasteiger charge is 2.19. The first kappa shape index (κ1) is 13.1. The molecule has 2 N–H and O–H groups in total. The first-order valence-corrected chi connectivity index (χ1v) is 7.47. The number of benzene rings is 1. The Kier molecular flexibility index (Phi) is 3.62. The van der Waals surface area contributed by atoms with Crippen molar-refractivity contribution >= 4 is 37.4 Å². The van der Waals surface area contributed by atoms with Crippen molar-refractivity contribution in [1.82, 2.24) is 0 Å². The van der Waals surface area contributed by atoms with E-state index in [-0.39, 0.29) is 11.5 Å². The average Bonchev–Trinajstić information content (AvgIpc) is 2.60. The van der Waals surface area contributed by atoms with Crippen LogP contribution in [0, 0.1) is 5.41 Å². The van der Waals surface area contributed by atoms with Gasteiger partial charge in [-0.3, -0.25) is 0 Å². The summed E-state index contributed by atoms with van der Waals surface area (Å²) in [6, 6.07) is 6.44. The average molecular weight is 312 g/mol. The number of nitrogens with two attached hydrogens (primary N) is 1. The van der Waals surface area contributed by atoms with E-state index >= 15 is 0 Å². The van der Waals surface area contributed by atoms with Crippen LogP contribution in [-0.4, -0.2) is 0 Å². The first-order chi connectivity index (χ1) is 7.88. The van der Waals surface area contributed by atoms with E-state index < -0.39 is 0 Å². The Labute approximate surface area is 115 Å². The molecular weight excluding hydrogens is 294 g/mol. The molecule has 17 heavy (non-hydrogen) atoms. The lowest BCUT2D eigenvalue weighted by atomic mass is 9.86. The summed E-state index contributed by atoms with van der Waals surface area (Å²) in [5.41, 5.74) is 7.88. The van der Waals surface area contributed by atoms with Gasteiger partial charge in [0.15, 0.2) is 0 Å². The number of thiophene rings is 1. The third-order valence-corrected chi connectivity index (χ3v) is 4.78. The van der Waals surface area contributed by atoms with Gasteiger partial charge in [-0.05, 0) is 50.2 Å². The van der Waals surface area contributed by atoms with Gasteiger partial charge in [0.05, 0.1) is 0 Å². The van der Waals surface area contributed by atoms with Gasteiger partial charge >= 0.3 is 0 Å². The van der Waals surface area contributed by atoms with Crippen LogP contribution in [0.3, 0.4) is 0 Å². The van der Waals surface area contributed by atoms with Crippen LogP contribution in [0.4, 0.5) is 0 Å². The SMILES string of the molecule is CC(C)(C)CC(N)c1csc2c(Br)cccc12. The summed E-state index contributed by atoms with van der Waals surface area (Å²) in [4.78, 5) is 0. The van der Waals surface area contributed by atoms with Crippen molar-refractivity contribution in [3.05, 3.63) is 33.6 Å². The van der Waals surface area contributed by atoms with Gasteiger partial charge in [0.2, 0.25) is 0 Å². The first-order valence-electron chi connectivity index (χ1n) is 5.80. The minimum absolute atomic E-state index is 0.123. The Morgan fingerprint density at radius 1 is 1.35 bits per heavy atom. The molecule has 1 nitrogen and oxygen atoms in total. The normalized spacial score (nSPS) is 14.2. The van der Waals surface area contributed by atoms with Gasteiger partial charge in [-0.2, -0.15) is 0 Å². The molecule has 1 aromatic carbocycles. The van der Waals surface area contributed by atoms with E-state index in [2.05, 4.69) is 60.3 Å². The second-order valence-electron chi connectivity index (χ2n) is 5.68. The number of rotatable bonds is 2. The number of halogens is 1. The Bertz CT molecular complexity index is 524. The predicted octanol–water partition coefficient (Wildman–Crippen LogP) is 5.10. The van der Waals surface area contributed by atoms with E-state index in [0.29, 0.717) is 0 Å². The Morgan fingerprint density at radius 2 is 2.06 bits per heavy atom. The van der Waals surface area contributed by atoms with Crippen molar-refractivity contribution in [1.29, 1.82) is 0 Å². The van der Waals surface area contributed by atoms with Crippen LogP contribution in [0.15, 0.2) is 28.1 Å². The number of fused-ring (bicyclic) bond motifs is 1. The second kappa shape index (κ2) is 4.71. The van der Waals surface area contributed by atoms with Crippen LogP contribution in [0.2, 0.25) is 0 Å². The van der Waals surface area contributed by atoms with Gasteiger partial charge in [0, 0.05) is 15.2 Å². The summed E-state index contributed by atoms with van der Waals surface area (Å²) >= 11 is 5.36. The van der Waals surface area contributed by atoms with Crippen molar-refractivity contribution < 1.29 is 0 Å². The minimum Gasteiger partial charge on any atom is -0.324 e. The largest absolute Gasteiger partial charge is 0.324 e. The smallest absolute Gasteiger partial charge is 0.0488 e. The fourth-order valence-corrected chi connectivity index (χ4v) is 3.79. The van der Waals surface area contributed by atoms with Crippen molar-refractivity contribution in [2.45, 2.75) is 33.2 Å². The quantitative estimate of drug-likeness (QED) is 0.820. The van der Waals surface area contributed by atoms with Crippen LogP contribution in [0.5, 0.6) is 0 Å². The summed E-state index contributed by atoms with van der Waals surface area (Å²) in [6.45, 7) is 6.70. The zero-order chi connectivity index (χ0) is 12.6. The minimum atomic E-state index is 0.123. The Hall–Kier alpha value is -0.380. The van der Waals surface area contributed by atoms with E-state index in [1.54, 1.807) is 11.3 Å². The molecule has 0 bridgehead atoms. The molecule has 92 valence electrons. The van der Waals surface area contributed by atoms with E-state index in [9.17, 15) is 0 Å². The number of hydrogen-bond acceptors (Lipinski definition) is 2. The van der Waals surface area contributed by atoms with Crippen molar-refractivity contribution in [2.24, 2.45) is 11.1 Å². The maximum Gasteiger partial charge on any atom is 0.0488 e. The molecule has 3 heteroatoms. The molecule has 2 aromatic rings. The van der Waals surface area contributed by atoms with Gasteiger partial charge in [-0.15, -0.1) is 11.3 Å². The Morgan fingerprint density at radius 3 is 2.71 bits per heavy atom. The van der Waals surface area contributed by atoms with Crippen LogP contribution >= 0.6 is 27.3 Å². The van der Waals surface area contributed by atoms with E-state index in [0.717, 1.165) is 10.9 Å². The molecule has 0 aliphatic heterocycles. The summed E-state index contributed by atoms with van der Waals surface area (Å²) in [5, 5.41) is 3.49. The highest BCUT2D eigenvalue weighted by Crippen LogP contribution is 2.37. The zero-order valence-electron chi connectivity index (χ0n) is 10.5. The van der Waals surface area contributed by atoms with Gasteiger partial charge in [0.25, 0.3) is 0 Å². The third kappa shape index (κ3) is 2.90. The van der Waals surface area contributed by atoms with Crippen LogP contribution in [0.1, 0.15) is 38.8 Å². The van der Waals surface area contributed by atoms with Crippen LogP contribution in [0.25, 0.3) is 10.1 Å². The maximum atomic E-state index is 6.33. The number of hydrogen-bond donors (Lipinski definition) is 1. The molecule has 1 heterocycles. The maximum absolute atomic E-state index is 6.33. The fraction of sp³-hybridized carbons (Fsp3) is 0.429. The summed E-state index contributed by atoms with van der Waals surface area (Å²) in [6.07, 6.45) is 1.01. The van der Waals surface area contributed by atoms with Gasteiger partial charge in [-0.1, -0.05) is 32.9 Å². The van der Waals surface area contributed by atoms with Crippen molar-refractivity contribution in [3.63, 3.8) is 0 Å². The van der Waals surface area contributed by atoms with Gasteiger partial charge in [-0.25, -0.2) is 0 Å². The van der Waals surface area contributed by atoms with E-state index in [1.165, 1.54) is 15.6 Å². The summed E-state index contributed by atoms with van der Waals surface area (Å²) in [5.74, 6) is 0.